The molecule has 0 radical (unpaired) electrons. The van der Waals surface area contributed by atoms with Crippen molar-refractivity contribution in [1.29, 1.82) is 5.41 Å². The number of carbonyl (C=O) groups is 1. The van der Waals surface area contributed by atoms with Crippen LogP contribution in [0.3, 0.4) is 0 Å². The van der Waals surface area contributed by atoms with Crippen LogP contribution in [0.5, 0.6) is 0 Å². The third-order valence-corrected chi connectivity index (χ3v) is 9.06. The maximum atomic E-state index is 13.3. The van der Waals surface area contributed by atoms with Crippen LogP contribution in [0, 0.1) is 10.8 Å². The average molecular weight is 546 g/mol. The summed E-state index contributed by atoms with van der Waals surface area (Å²) in [6.07, 6.45) is 10.9. The maximum absolute atomic E-state index is 13.3. The van der Waals surface area contributed by atoms with Gasteiger partial charge in [0.25, 0.3) is 5.91 Å². The molecule has 6 heteroatoms. The minimum Gasteiger partial charge on any atom is -0.384 e. The number of aryl methyl sites for hydroxylation is 1. The number of rotatable bonds is 10. The van der Waals surface area contributed by atoms with E-state index >= 15 is 0 Å². The van der Waals surface area contributed by atoms with Crippen molar-refractivity contribution in [3.63, 3.8) is 0 Å². The van der Waals surface area contributed by atoms with E-state index < -0.39 is 0 Å². The highest BCUT2D eigenvalue weighted by molar-refractivity contribution is 6.02. The average Bonchev–Trinajstić information content (AvgIpc) is 3.35. The zero-order valence-electron chi connectivity index (χ0n) is 23.8. The number of amidine groups is 1. The molecule has 6 rings (SSSR count). The van der Waals surface area contributed by atoms with Crippen molar-refractivity contribution in [1.82, 2.24) is 14.9 Å². The first-order valence-electron chi connectivity index (χ1n) is 14.9. The number of nitrogens with two attached hydrogens (primary N) is 1. The molecule has 3 aromatic carbocycles. The van der Waals surface area contributed by atoms with E-state index in [0.717, 1.165) is 65.7 Å². The van der Waals surface area contributed by atoms with Crippen LogP contribution in [0.4, 0.5) is 0 Å². The van der Waals surface area contributed by atoms with E-state index in [1.165, 1.54) is 19.3 Å². The molecular weight excluding hydrogens is 506 g/mol. The summed E-state index contributed by atoms with van der Waals surface area (Å²) in [5, 5.41) is 11.4. The van der Waals surface area contributed by atoms with E-state index in [0.29, 0.717) is 23.2 Å². The molecule has 1 aromatic heterocycles. The first kappa shape index (κ1) is 27.0. The Morgan fingerprint density at radius 1 is 1.02 bits per heavy atom. The Balaban J connectivity index is 1.24. The Hall–Kier alpha value is -4.19. The van der Waals surface area contributed by atoms with Gasteiger partial charge in [-0.05, 0) is 71.4 Å². The zero-order chi connectivity index (χ0) is 28.4. The van der Waals surface area contributed by atoms with Crippen molar-refractivity contribution < 1.29 is 4.79 Å². The summed E-state index contributed by atoms with van der Waals surface area (Å²) in [7, 11) is 0. The second-order valence-corrected chi connectivity index (χ2v) is 11.9. The van der Waals surface area contributed by atoms with Gasteiger partial charge < -0.3 is 15.6 Å². The van der Waals surface area contributed by atoms with Crippen molar-refractivity contribution in [3.8, 4) is 22.3 Å². The molecule has 6 nitrogen and oxygen atoms in total. The molecule has 2 fully saturated rings. The Morgan fingerprint density at radius 2 is 1.76 bits per heavy atom. The van der Waals surface area contributed by atoms with Crippen LogP contribution in [0.25, 0.3) is 22.3 Å². The number of unbranched alkanes of at least 4 members (excludes halogenated alkanes) is 1. The number of imidazole rings is 1. The Morgan fingerprint density at radius 3 is 2.41 bits per heavy atom. The molecule has 0 saturated heterocycles. The van der Waals surface area contributed by atoms with E-state index in [9.17, 15) is 4.79 Å². The number of carbonyl (C=O) groups excluding carboxylic acids is 1. The minimum atomic E-state index is -0.0140. The first-order chi connectivity index (χ1) is 19.9. The number of aromatic nitrogens is 2. The second kappa shape index (κ2) is 11.4. The van der Waals surface area contributed by atoms with Gasteiger partial charge in [0.1, 0.15) is 17.4 Å². The quantitative estimate of drug-likeness (QED) is 0.149. The number of nitrogens with one attached hydrogen (secondary N) is 2. The predicted molar refractivity (Wildman–Crippen MR) is 165 cm³/mol. The Labute approximate surface area is 242 Å². The van der Waals surface area contributed by atoms with Crippen LogP contribution < -0.4 is 11.1 Å². The van der Waals surface area contributed by atoms with Crippen molar-refractivity contribution in [3.05, 3.63) is 102 Å². The van der Waals surface area contributed by atoms with E-state index in [4.69, 9.17) is 11.1 Å². The molecule has 4 N–H and O–H groups in total. The lowest BCUT2D eigenvalue weighted by Crippen LogP contribution is -2.53. The lowest BCUT2D eigenvalue weighted by molar-refractivity contribution is -0.000756. The predicted octanol–water partition coefficient (Wildman–Crippen LogP) is 6.95. The lowest BCUT2D eigenvalue weighted by atomic mass is 9.54. The molecule has 210 valence electrons. The van der Waals surface area contributed by atoms with Gasteiger partial charge in [0.05, 0.1) is 6.20 Å². The lowest BCUT2D eigenvalue weighted by Gasteiger charge is -2.54. The van der Waals surface area contributed by atoms with Crippen LogP contribution in [0.1, 0.15) is 79.3 Å². The van der Waals surface area contributed by atoms with Gasteiger partial charge >= 0.3 is 0 Å². The molecule has 0 unspecified atom stereocenters. The molecule has 2 aliphatic rings. The number of benzene rings is 3. The summed E-state index contributed by atoms with van der Waals surface area (Å²) < 4.78 is 2.09. The van der Waals surface area contributed by atoms with Crippen LogP contribution >= 0.6 is 0 Å². The van der Waals surface area contributed by atoms with Crippen molar-refractivity contribution >= 4 is 11.7 Å². The highest BCUT2D eigenvalue weighted by Crippen LogP contribution is 2.55. The van der Waals surface area contributed by atoms with Gasteiger partial charge in [-0.1, -0.05) is 86.5 Å². The third-order valence-electron chi connectivity index (χ3n) is 9.06. The molecule has 0 bridgehead atoms. The highest BCUT2D eigenvalue weighted by atomic mass is 16.2. The van der Waals surface area contributed by atoms with Crippen molar-refractivity contribution in [2.45, 2.75) is 70.9 Å². The van der Waals surface area contributed by atoms with Gasteiger partial charge in [-0.3, -0.25) is 10.2 Å². The molecule has 1 heterocycles. The SMILES string of the molecule is CCCCc1ncc(C(=O)NC2CC3(CCC3)C2)n1Cc1ccc(-c2cc(-c3ccccc3)ccc2C(=N)N)cc1. The van der Waals surface area contributed by atoms with Gasteiger partial charge in [-0.25, -0.2) is 4.98 Å². The fourth-order valence-corrected chi connectivity index (χ4v) is 6.54. The van der Waals surface area contributed by atoms with Gasteiger partial charge in [-0.2, -0.15) is 0 Å². The van der Waals surface area contributed by atoms with Crippen LogP contribution in [0.15, 0.2) is 79.0 Å². The summed E-state index contributed by atoms with van der Waals surface area (Å²) >= 11 is 0. The molecule has 4 aromatic rings. The van der Waals surface area contributed by atoms with Crippen molar-refractivity contribution in [2.24, 2.45) is 11.1 Å². The summed E-state index contributed by atoms with van der Waals surface area (Å²) in [6.45, 7) is 2.76. The topological polar surface area (TPSA) is 96.8 Å². The zero-order valence-corrected chi connectivity index (χ0v) is 23.8. The smallest absolute Gasteiger partial charge is 0.269 e. The highest BCUT2D eigenvalue weighted by Gasteiger charge is 2.48. The number of nitrogens with zero attached hydrogens (tertiary/aromatic N) is 2. The number of hydrogen-bond donors (Lipinski definition) is 3. The number of amides is 1. The second-order valence-electron chi connectivity index (χ2n) is 11.9. The third kappa shape index (κ3) is 5.56. The van der Waals surface area contributed by atoms with E-state index in [1.807, 2.05) is 30.3 Å². The number of nitrogen functional groups attached to an aromatic ring is 1. The summed E-state index contributed by atoms with van der Waals surface area (Å²) in [4.78, 5) is 18.0. The van der Waals surface area contributed by atoms with Crippen LogP contribution in [0.2, 0.25) is 0 Å². The van der Waals surface area contributed by atoms with Gasteiger partial charge in [0.2, 0.25) is 0 Å². The summed E-state index contributed by atoms with van der Waals surface area (Å²) in [5.41, 5.74) is 13.1. The molecule has 2 aliphatic carbocycles. The van der Waals surface area contributed by atoms with E-state index in [2.05, 4.69) is 64.3 Å². The van der Waals surface area contributed by atoms with Crippen LogP contribution in [-0.4, -0.2) is 27.3 Å². The van der Waals surface area contributed by atoms with Gasteiger partial charge in [-0.15, -0.1) is 0 Å². The standard InChI is InChI=1S/C35H39N5O/c1-2-3-10-32-38-22-31(34(41)39-28-20-35(21-28)17-7-18-35)40(32)23-24-11-13-26(14-12-24)30-19-27(15-16-29(30)33(36)37)25-8-5-4-6-9-25/h4-6,8-9,11-16,19,22,28H,2-3,7,10,17-18,20-21,23H2,1H3,(H3,36,37)(H,39,41). The summed E-state index contributed by atoms with van der Waals surface area (Å²) in [6, 6.07) is 24.9. The Bertz CT molecular complexity index is 1540. The molecule has 1 spiro atoms. The van der Waals surface area contributed by atoms with Crippen molar-refractivity contribution in [2.75, 3.05) is 0 Å². The van der Waals surface area contributed by atoms with Crippen LogP contribution in [-0.2, 0) is 13.0 Å². The molecule has 0 atom stereocenters. The monoisotopic (exact) mass is 545 g/mol. The maximum Gasteiger partial charge on any atom is 0.269 e. The normalized spacial score (nSPS) is 15.7. The fraction of sp³-hybridized carbons (Fsp3) is 0.343. The summed E-state index contributed by atoms with van der Waals surface area (Å²) in [5.74, 6) is 0.993. The largest absolute Gasteiger partial charge is 0.384 e. The van der Waals surface area contributed by atoms with Gasteiger partial charge in [0, 0.05) is 24.6 Å². The molecule has 2 saturated carbocycles. The van der Waals surface area contributed by atoms with E-state index in [-0.39, 0.29) is 17.8 Å². The Kier molecular flexibility index (Phi) is 7.48. The molecule has 0 aliphatic heterocycles. The minimum absolute atomic E-state index is 0.0140. The fourth-order valence-electron chi connectivity index (χ4n) is 6.54. The molecular formula is C35H39N5O. The van der Waals surface area contributed by atoms with E-state index in [1.54, 1.807) is 6.20 Å². The molecule has 1 amide bonds. The number of hydrogen-bond acceptors (Lipinski definition) is 3. The molecule has 41 heavy (non-hydrogen) atoms. The first-order valence-corrected chi connectivity index (χ1v) is 14.9. The van der Waals surface area contributed by atoms with Gasteiger partial charge in [0.15, 0.2) is 0 Å².